The first-order valence-corrected chi connectivity index (χ1v) is 11.6. The van der Waals surface area contributed by atoms with Crippen LogP contribution in [0.2, 0.25) is 0 Å². The van der Waals surface area contributed by atoms with E-state index in [0.29, 0.717) is 12.8 Å². The van der Waals surface area contributed by atoms with E-state index >= 15 is 0 Å². The van der Waals surface area contributed by atoms with E-state index in [0.717, 1.165) is 11.1 Å². The second-order valence-electron chi connectivity index (χ2n) is 8.26. The predicted molar refractivity (Wildman–Crippen MR) is 128 cm³/mol. The molecule has 10 nitrogen and oxygen atoms in total. The molecule has 2 aromatic carbocycles. The molecule has 2 atom stereocenters. The molecule has 2 N–H and O–H groups in total. The average molecular weight is 499 g/mol. The van der Waals surface area contributed by atoms with Gasteiger partial charge in [-0.15, -0.1) is 0 Å². The smallest absolute Gasteiger partial charge is 0.332 e. The third kappa shape index (κ3) is 10.2. The van der Waals surface area contributed by atoms with Crippen molar-refractivity contribution in [2.24, 2.45) is 0 Å². The highest BCUT2D eigenvalue weighted by Crippen LogP contribution is 2.06. The highest BCUT2D eigenvalue weighted by molar-refractivity contribution is 5.80. The number of carbonyl (C=O) groups is 4. The van der Waals surface area contributed by atoms with Crippen molar-refractivity contribution in [2.45, 2.75) is 24.9 Å². The molecular formula is C26H30N2O8. The van der Waals surface area contributed by atoms with E-state index in [2.05, 4.69) is 10.6 Å². The van der Waals surface area contributed by atoms with E-state index in [1.54, 1.807) is 0 Å². The summed E-state index contributed by atoms with van der Waals surface area (Å²) in [4.78, 5) is 49.0. The lowest BCUT2D eigenvalue weighted by atomic mass is 10.1. The van der Waals surface area contributed by atoms with Gasteiger partial charge in [0.15, 0.2) is 0 Å². The minimum Gasteiger partial charge on any atom is -0.462 e. The number of rotatable bonds is 4. The molecule has 2 amide bonds. The van der Waals surface area contributed by atoms with Crippen molar-refractivity contribution in [1.82, 2.24) is 10.6 Å². The van der Waals surface area contributed by atoms with Gasteiger partial charge in [-0.1, -0.05) is 60.7 Å². The van der Waals surface area contributed by atoms with Crippen molar-refractivity contribution in [3.05, 3.63) is 71.8 Å². The third-order valence-electron chi connectivity index (χ3n) is 5.18. The summed E-state index contributed by atoms with van der Waals surface area (Å²) in [6.45, 7) is -1.81. The lowest BCUT2D eigenvalue weighted by molar-refractivity contribution is -0.157. The van der Waals surface area contributed by atoms with E-state index in [-0.39, 0.29) is 26.4 Å². The maximum atomic E-state index is 12.4. The molecule has 1 fully saturated rings. The summed E-state index contributed by atoms with van der Waals surface area (Å²) in [6.07, 6.45) is 0.823. The monoisotopic (exact) mass is 498 g/mol. The molecule has 192 valence electrons. The maximum absolute atomic E-state index is 12.4. The number of nitrogens with one attached hydrogen (secondary N) is 2. The lowest BCUT2D eigenvalue weighted by Gasteiger charge is -2.21. The summed E-state index contributed by atoms with van der Waals surface area (Å²) < 4.78 is 20.8. The summed E-state index contributed by atoms with van der Waals surface area (Å²) in [5.41, 5.74) is 1.87. The molecule has 0 saturated carbocycles. The van der Waals surface area contributed by atoms with Crippen LogP contribution >= 0.6 is 0 Å². The SMILES string of the molecule is O=C1COCC(=O)N[C@H](Cc2ccccc2)COC(=O)COCC(=O)OC[C@H](Cc2ccccc2)N1. The molecule has 0 spiro atoms. The lowest BCUT2D eigenvalue weighted by Crippen LogP contribution is -2.44. The first-order valence-electron chi connectivity index (χ1n) is 11.6. The number of hydrogen-bond acceptors (Lipinski definition) is 8. The first kappa shape index (κ1) is 26.8. The summed E-state index contributed by atoms with van der Waals surface area (Å²) >= 11 is 0. The Balaban J connectivity index is 1.63. The van der Waals surface area contributed by atoms with Gasteiger partial charge >= 0.3 is 11.9 Å². The number of carbonyl (C=O) groups excluding carboxylic acids is 4. The van der Waals surface area contributed by atoms with Crippen molar-refractivity contribution < 1.29 is 38.1 Å². The molecule has 0 bridgehead atoms. The van der Waals surface area contributed by atoms with Crippen LogP contribution in [0.1, 0.15) is 11.1 Å². The molecule has 1 aliphatic heterocycles. The van der Waals surface area contributed by atoms with Crippen LogP contribution in [0.3, 0.4) is 0 Å². The standard InChI is InChI=1S/C26H30N2O8/c29-23-15-33-16-24(30)28-22(12-20-9-5-2-6-10-20)14-36-26(32)18-34-17-25(31)35-13-21(27-23)11-19-7-3-1-4-8-19/h1-10,21-22H,11-18H2,(H,27,29)(H,28,30)/t21-,22+. The topological polar surface area (TPSA) is 129 Å². The fourth-order valence-corrected chi connectivity index (χ4v) is 3.56. The number of cyclic esters (lactones) is 2. The zero-order chi connectivity index (χ0) is 25.6. The number of benzene rings is 2. The van der Waals surface area contributed by atoms with E-state index in [4.69, 9.17) is 18.9 Å². The second kappa shape index (κ2) is 14.6. The summed E-state index contributed by atoms with van der Waals surface area (Å²) in [5, 5.41) is 5.53. The van der Waals surface area contributed by atoms with Gasteiger partial charge in [-0.2, -0.15) is 0 Å². The van der Waals surface area contributed by atoms with E-state index in [9.17, 15) is 19.2 Å². The predicted octanol–water partition coefficient (Wildman–Crippen LogP) is 0.575. The minimum absolute atomic E-state index is 0.102. The van der Waals surface area contributed by atoms with Gasteiger partial charge in [0.1, 0.15) is 39.6 Å². The highest BCUT2D eigenvalue weighted by Gasteiger charge is 2.19. The molecule has 1 heterocycles. The molecule has 1 aliphatic rings. The summed E-state index contributed by atoms with van der Waals surface area (Å²) in [5.74, 6) is -2.26. The van der Waals surface area contributed by atoms with Gasteiger partial charge in [-0.25, -0.2) is 9.59 Å². The van der Waals surface area contributed by atoms with Gasteiger partial charge in [-0.05, 0) is 24.0 Å². The third-order valence-corrected chi connectivity index (χ3v) is 5.18. The molecular weight excluding hydrogens is 468 g/mol. The van der Waals surface area contributed by atoms with Crippen molar-refractivity contribution in [3.8, 4) is 0 Å². The number of amides is 2. The van der Waals surface area contributed by atoms with Crippen LogP contribution in [0.25, 0.3) is 0 Å². The maximum Gasteiger partial charge on any atom is 0.332 e. The zero-order valence-electron chi connectivity index (χ0n) is 19.9. The number of esters is 2. The molecule has 36 heavy (non-hydrogen) atoms. The van der Waals surface area contributed by atoms with Crippen molar-refractivity contribution >= 4 is 23.8 Å². The number of hydrogen-bond donors (Lipinski definition) is 2. The van der Waals surface area contributed by atoms with Gasteiger partial charge in [0.2, 0.25) is 11.8 Å². The van der Waals surface area contributed by atoms with Gasteiger partial charge < -0.3 is 29.6 Å². The van der Waals surface area contributed by atoms with Crippen molar-refractivity contribution in [1.29, 1.82) is 0 Å². The van der Waals surface area contributed by atoms with Crippen LogP contribution in [0, 0.1) is 0 Å². The molecule has 0 radical (unpaired) electrons. The Hall–Kier alpha value is -3.76. The van der Waals surface area contributed by atoms with Crippen LogP contribution in [0.15, 0.2) is 60.7 Å². The van der Waals surface area contributed by atoms with Crippen molar-refractivity contribution in [3.63, 3.8) is 0 Å². The Labute approximate surface area is 209 Å². The second-order valence-corrected chi connectivity index (χ2v) is 8.26. The van der Waals surface area contributed by atoms with Gasteiger partial charge in [0, 0.05) is 0 Å². The molecule has 2 aromatic rings. The van der Waals surface area contributed by atoms with Gasteiger partial charge in [0.05, 0.1) is 12.1 Å². The zero-order valence-corrected chi connectivity index (χ0v) is 19.9. The first-order chi connectivity index (χ1) is 17.5. The average Bonchev–Trinajstić information content (AvgIpc) is 2.86. The Bertz CT molecular complexity index is 920. The van der Waals surface area contributed by atoms with Crippen LogP contribution in [-0.2, 0) is 51.0 Å². The highest BCUT2D eigenvalue weighted by atomic mass is 16.6. The Kier molecular flexibility index (Phi) is 10.9. The fraction of sp³-hybridized carbons (Fsp3) is 0.385. The van der Waals surface area contributed by atoms with Crippen LogP contribution in [0.4, 0.5) is 0 Å². The quantitative estimate of drug-likeness (QED) is 0.586. The van der Waals surface area contributed by atoms with E-state index in [1.807, 2.05) is 60.7 Å². The van der Waals surface area contributed by atoms with Crippen LogP contribution in [0.5, 0.6) is 0 Å². The van der Waals surface area contributed by atoms with Crippen molar-refractivity contribution in [2.75, 3.05) is 39.6 Å². The normalized spacial score (nSPS) is 21.2. The Morgan fingerprint density at radius 1 is 0.583 bits per heavy atom. The molecule has 3 rings (SSSR count). The summed E-state index contributed by atoms with van der Waals surface area (Å²) in [6, 6.07) is 17.7. The van der Waals surface area contributed by atoms with Gasteiger partial charge in [0.25, 0.3) is 0 Å². The number of ether oxygens (including phenoxy) is 4. The van der Waals surface area contributed by atoms with Gasteiger partial charge in [-0.3, -0.25) is 9.59 Å². The minimum atomic E-state index is -0.679. The molecule has 0 unspecified atom stereocenters. The molecule has 10 heteroatoms. The van der Waals surface area contributed by atoms with E-state index in [1.165, 1.54) is 0 Å². The fourth-order valence-electron chi connectivity index (χ4n) is 3.56. The van der Waals surface area contributed by atoms with Crippen LogP contribution < -0.4 is 10.6 Å². The van der Waals surface area contributed by atoms with Crippen LogP contribution in [-0.4, -0.2) is 75.5 Å². The Morgan fingerprint density at radius 2 is 0.972 bits per heavy atom. The largest absolute Gasteiger partial charge is 0.462 e. The molecule has 0 aliphatic carbocycles. The Morgan fingerprint density at radius 3 is 1.39 bits per heavy atom. The molecule has 1 saturated heterocycles. The van der Waals surface area contributed by atoms with E-state index < -0.39 is 49.1 Å². The summed E-state index contributed by atoms with van der Waals surface area (Å²) in [7, 11) is 0. The molecule has 0 aromatic heterocycles.